The Morgan fingerprint density at radius 3 is 2.68 bits per heavy atom. The van der Waals surface area contributed by atoms with Gasteiger partial charge in [0.1, 0.15) is 11.6 Å². The van der Waals surface area contributed by atoms with Crippen LogP contribution in [0.15, 0.2) is 12.3 Å². The van der Waals surface area contributed by atoms with Crippen molar-refractivity contribution >= 4 is 5.82 Å². The van der Waals surface area contributed by atoms with Crippen LogP contribution >= 0.6 is 0 Å². The molecule has 19 heavy (non-hydrogen) atoms. The minimum Gasteiger partial charge on any atom is -0.358 e. The molecule has 1 saturated carbocycles. The van der Waals surface area contributed by atoms with E-state index in [1.165, 1.54) is 19.0 Å². The van der Waals surface area contributed by atoms with Crippen LogP contribution in [0.25, 0.3) is 0 Å². The van der Waals surface area contributed by atoms with Gasteiger partial charge in [0.2, 0.25) is 0 Å². The molecule has 5 heteroatoms. The highest BCUT2D eigenvalue weighted by Crippen LogP contribution is 2.22. The lowest BCUT2D eigenvalue weighted by atomic mass is 10.2. The summed E-state index contributed by atoms with van der Waals surface area (Å²) in [6.07, 6.45) is 3.76. The summed E-state index contributed by atoms with van der Waals surface area (Å²) in [6.45, 7) is 2.52. The number of pyridine rings is 1. The van der Waals surface area contributed by atoms with Crippen molar-refractivity contribution in [3.05, 3.63) is 23.6 Å². The Labute approximate surface area is 114 Å². The van der Waals surface area contributed by atoms with Gasteiger partial charge in [-0.15, -0.1) is 0 Å². The van der Waals surface area contributed by atoms with E-state index in [-0.39, 0.29) is 5.82 Å². The molecule has 0 saturated heterocycles. The number of halogens is 1. The first kappa shape index (κ1) is 14.2. The highest BCUT2D eigenvalue weighted by atomic mass is 19.1. The molecular weight excluding hydrogens is 243 g/mol. The van der Waals surface area contributed by atoms with Gasteiger partial charge in [-0.2, -0.15) is 0 Å². The number of anilines is 1. The summed E-state index contributed by atoms with van der Waals surface area (Å²) in [6, 6.07) is 2.20. The average Bonchev–Trinajstić information content (AvgIpc) is 3.17. The van der Waals surface area contributed by atoms with Crippen molar-refractivity contribution in [3.8, 4) is 0 Å². The first-order chi connectivity index (χ1) is 9.06. The molecule has 0 radical (unpaired) electrons. The monoisotopic (exact) mass is 266 g/mol. The van der Waals surface area contributed by atoms with Gasteiger partial charge in [0, 0.05) is 38.3 Å². The smallest absolute Gasteiger partial charge is 0.141 e. The first-order valence-electron chi connectivity index (χ1n) is 6.80. The number of likely N-dealkylation sites (N-methyl/N-ethyl adjacent to an activating group) is 2. The molecular formula is C14H23FN4. The minimum absolute atomic E-state index is 0.266. The molecule has 0 aliphatic heterocycles. The van der Waals surface area contributed by atoms with Crippen LogP contribution in [0.2, 0.25) is 0 Å². The van der Waals surface area contributed by atoms with E-state index in [9.17, 15) is 4.39 Å². The largest absolute Gasteiger partial charge is 0.358 e. The number of nitrogens with zero attached hydrogens (tertiary/aromatic N) is 3. The molecule has 0 atom stereocenters. The lowest BCUT2D eigenvalue weighted by Gasteiger charge is -2.23. The van der Waals surface area contributed by atoms with Crippen molar-refractivity contribution in [2.45, 2.75) is 25.4 Å². The van der Waals surface area contributed by atoms with Gasteiger partial charge in [-0.05, 0) is 33.0 Å². The predicted octanol–water partition coefficient (Wildman–Crippen LogP) is 1.47. The summed E-state index contributed by atoms with van der Waals surface area (Å²) in [4.78, 5) is 8.46. The molecule has 1 fully saturated rings. The zero-order chi connectivity index (χ0) is 13.8. The van der Waals surface area contributed by atoms with Crippen LogP contribution in [0.1, 0.15) is 18.4 Å². The lowest BCUT2D eigenvalue weighted by Crippen LogP contribution is -2.30. The first-order valence-corrected chi connectivity index (χ1v) is 6.80. The van der Waals surface area contributed by atoms with Gasteiger partial charge in [-0.1, -0.05) is 0 Å². The summed E-state index contributed by atoms with van der Waals surface area (Å²) in [5.41, 5.74) is 0.938. The fraction of sp³-hybridized carbons (Fsp3) is 0.643. The number of nitrogens with one attached hydrogen (secondary N) is 1. The van der Waals surface area contributed by atoms with Crippen molar-refractivity contribution < 1.29 is 4.39 Å². The highest BCUT2D eigenvalue weighted by molar-refractivity contribution is 5.46. The number of aromatic nitrogens is 1. The summed E-state index contributed by atoms with van der Waals surface area (Å²) in [7, 11) is 6.09. The molecule has 2 rings (SSSR count). The summed E-state index contributed by atoms with van der Waals surface area (Å²) in [5, 5.41) is 3.42. The van der Waals surface area contributed by atoms with Gasteiger partial charge in [0.25, 0.3) is 0 Å². The molecule has 1 aliphatic rings. The van der Waals surface area contributed by atoms with Crippen molar-refractivity contribution in [2.75, 3.05) is 39.1 Å². The zero-order valence-electron chi connectivity index (χ0n) is 12.0. The van der Waals surface area contributed by atoms with Crippen molar-refractivity contribution in [1.29, 1.82) is 0 Å². The second kappa shape index (κ2) is 6.30. The van der Waals surface area contributed by atoms with Crippen molar-refractivity contribution in [1.82, 2.24) is 15.2 Å². The molecule has 0 spiro atoms. The van der Waals surface area contributed by atoms with Gasteiger partial charge in [0.15, 0.2) is 0 Å². The fourth-order valence-corrected chi connectivity index (χ4v) is 1.95. The summed E-state index contributed by atoms with van der Waals surface area (Å²) < 4.78 is 13.3. The Bertz CT molecular complexity index is 418. The Hall–Kier alpha value is -1.20. The van der Waals surface area contributed by atoms with E-state index >= 15 is 0 Å². The fourth-order valence-electron chi connectivity index (χ4n) is 1.95. The summed E-state index contributed by atoms with van der Waals surface area (Å²) in [5.74, 6) is 0.605. The van der Waals surface area contributed by atoms with Crippen LogP contribution in [0.3, 0.4) is 0 Å². The highest BCUT2D eigenvalue weighted by Gasteiger charge is 2.21. The number of hydrogen-bond donors (Lipinski definition) is 1. The lowest BCUT2D eigenvalue weighted by molar-refractivity contribution is 0.416. The van der Waals surface area contributed by atoms with Crippen LogP contribution in [-0.2, 0) is 6.54 Å². The van der Waals surface area contributed by atoms with Gasteiger partial charge in [-0.25, -0.2) is 9.37 Å². The minimum atomic E-state index is -0.266. The third kappa shape index (κ3) is 4.44. The molecule has 1 aromatic rings. The van der Waals surface area contributed by atoms with Gasteiger partial charge >= 0.3 is 0 Å². The standard InChI is InChI=1S/C14H23FN4/c1-18(2)6-7-19(3)14-11(8-12(15)10-17-14)9-16-13-4-5-13/h8,10,13,16H,4-7,9H2,1-3H3. The predicted molar refractivity (Wildman–Crippen MR) is 75.9 cm³/mol. The van der Waals surface area contributed by atoms with Crippen molar-refractivity contribution in [3.63, 3.8) is 0 Å². The Morgan fingerprint density at radius 1 is 1.32 bits per heavy atom. The average molecular weight is 266 g/mol. The molecule has 0 bridgehead atoms. The van der Waals surface area contributed by atoms with E-state index in [2.05, 4.69) is 20.1 Å². The van der Waals surface area contributed by atoms with E-state index in [1.807, 2.05) is 21.1 Å². The molecule has 1 aliphatic carbocycles. The molecule has 1 heterocycles. The topological polar surface area (TPSA) is 31.4 Å². The third-order valence-corrected chi connectivity index (χ3v) is 3.31. The van der Waals surface area contributed by atoms with E-state index < -0.39 is 0 Å². The maximum absolute atomic E-state index is 13.3. The zero-order valence-corrected chi connectivity index (χ0v) is 12.0. The van der Waals surface area contributed by atoms with E-state index in [0.717, 1.165) is 24.5 Å². The van der Waals surface area contributed by atoms with Crippen LogP contribution < -0.4 is 10.2 Å². The summed E-state index contributed by atoms with van der Waals surface area (Å²) >= 11 is 0. The van der Waals surface area contributed by atoms with Crippen LogP contribution in [-0.4, -0.2) is 50.2 Å². The normalized spacial score (nSPS) is 15.0. The number of rotatable bonds is 7. The molecule has 0 amide bonds. The van der Waals surface area contributed by atoms with Crippen LogP contribution in [0.4, 0.5) is 10.2 Å². The molecule has 0 aromatic carbocycles. The third-order valence-electron chi connectivity index (χ3n) is 3.31. The molecule has 0 unspecified atom stereocenters. The quantitative estimate of drug-likeness (QED) is 0.810. The van der Waals surface area contributed by atoms with E-state index in [0.29, 0.717) is 12.6 Å². The molecule has 106 valence electrons. The molecule has 1 N–H and O–H groups in total. The Morgan fingerprint density at radius 2 is 2.05 bits per heavy atom. The number of hydrogen-bond acceptors (Lipinski definition) is 4. The SMILES string of the molecule is CN(C)CCN(C)c1ncc(F)cc1CNC1CC1. The van der Waals surface area contributed by atoms with E-state index in [1.54, 1.807) is 6.07 Å². The van der Waals surface area contributed by atoms with Crippen LogP contribution in [0, 0.1) is 5.82 Å². The van der Waals surface area contributed by atoms with Crippen LogP contribution in [0.5, 0.6) is 0 Å². The maximum Gasteiger partial charge on any atom is 0.141 e. The second-order valence-electron chi connectivity index (χ2n) is 5.52. The Kier molecular flexibility index (Phi) is 4.71. The van der Waals surface area contributed by atoms with Crippen molar-refractivity contribution in [2.24, 2.45) is 0 Å². The van der Waals surface area contributed by atoms with Gasteiger partial charge < -0.3 is 15.1 Å². The molecule has 1 aromatic heterocycles. The second-order valence-corrected chi connectivity index (χ2v) is 5.52. The van der Waals surface area contributed by atoms with Gasteiger partial charge in [-0.3, -0.25) is 0 Å². The van der Waals surface area contributed by atoms with E-state index in [4.69, 9.17) is 0 Å². The Balaban J connectivity index is 2.03. The molecule has 4 nitrogen and oxygen atoms in total. The maximum atomic E-state index is 13.3. The van der Waals surface area contributed by atoms with Gasteiger partial charge in [0.05, 0.1) is 6.20 Å².